The molecule has 66 valence electrons. The number of hydrogen-bond donors (Lipinski definition) is 2. The van der Waals surface area contributed by atoms with Crippen LogP contribution < -0.4 is 5.73 Å². The molecule has 1 aromatic carbocycles. The standard InChI is InChI=1S/C9H8FN3/c10-7-3-1-6(2-4-7)8-9(11)13-5-12-8/h1-5H,11H2,(H,12,13). The Balaban J connectivity index is 2.47. The lowest BCUT2D eigenvalue weighted by Crippen LogP contribution is -1.88. The number of nitrogens with two attached hydrogens (primary N) is 1. The van der Waals surface area contributed by atoms with Crippen molar-refractivity contribution in [3.05, 3.63) is 36.4 Å². The highest BCUT2D eigenvalue weighted by Gasteiger charge is 2.03. The maximum absolute atomic E-state index is 12.6. The third-order valence-corrected chi connectivity index (χ3v) is 1.80. The van der Waals surface area contributed by atoms with Crippen LogP contribution in [0.15, 0.2) is 30.6 Å². The number of imidazole rings is 1. The summed E-state index contributed by atoms with van der Waals surface area (Å²) in [6.07, 6.45) is 1.51. The Morgan fingerprint density at radius 2 is 1.92 bits per heavy atom. The Hall–Kier alpha value is -1.84. The average Bonchev–Trinajstić information content (AvgIpc) is 2.53. The Morgan fingerprint density at radius 3 is 2.46 bits per heavy atom. The first kappa shape index (κ1) is 7.79. The molecular formula is C9H8FN3. The third kappa shape index (κ3) is 1.38. The van der Waals surface area contributed by atoms with E-state index in [1.807, 2.05) is 0 Å². The number of hydrogen-bond acceptors (Lipinski definition) is 2. The fraction of sp³-hybridized carbons (Fsp3) is 0. The summed E-state index contributed by atoms with van der Waals surface area (Å²) in [7, 11) is 0. The molecule has 0 aliphatic carbocycles. The average molecular weight is 177 g/mol. The van der Waals surface area contributed by atoms with Gasteiger partial charge in [0.1, 0.15) is 11.6 Å². The number of benzene rings is 1. The van der Waals surface area contributed by atoms with Crippen LogP contribution in [0.3, 0.4) is 0 Å². The van der Waals surface area contributed by atoms with Crippen molar-refractivity contribution in [2.45, 2.75) is 0 Å². The van der Waals surface area contributed by atoms with Gasteiger partial charge >= 0.3 is 0 Å². The summed E-state index contributed by atoms with van der Waals surface area (Å²) in [5.41, 5.74) is 7.13. The second kappa shape index (κ2) is 2.90. The van der Waals surface area contributed by atoms with Crippen LogP contribution in [0.4, 0.5) is 10.2 Å². The SMILES string of the molecule is Nc1nc[nH]c1-c1ccc(F)cc1. The van der Waals surface area contributed by atoms with E-state index < -0.39 is 0 Å². The minimum Gasteiger partial charge on any atom is -0.382 e. The van der Waals surface area contributed by atoms with E-state index in [1.54, 1.807) is 12.1 Å². The van der Waals surface area contributed by atoms with Gasteiger partial charge in [-0.15, -0.1) is 0 Å². The Bertz CT molecular complexity index is 405. The molecule has 0 spiro atoms. The zero-order valence-electron chi connectivity index (χ0n) is 6.79. The number of halogens is 1. The molecule has 1 aromatic heterocycles. The summed E-state index contributed by atoms with van der Waals surface area (Å²) in [4.78, 5) is 6.73. The van der Waals surface area contributed by atoms with E-state index >= 15 is 0 Å². The molecule has 0 aliphatic heterocycles. The van der Waals surface area contributed by atoms with Gasteiger partial charge in [-0.25, -0.2) is 9.37 Å². The van der Waals surface area contributed by atoms with Gasteiger partial charge in [0.05, 0.1) is 12.0 Å². The summed E-state index contributed by atoms with van der Waals surface area (Å²) in [6.45, 7) is 0. The maximum atomic E-state index is 12.6. The smallest absolute Gasteiger partial charge is 0.149 e. The van der Waals surface area contributed by atoms with Crippen LogP contribution >= 0.6 is 0 Å². The lowest BCUT2D eigenvalue weighted by atomic mass is 10.1. The summed E-state index contributed by atoms with van der Waals surface area (Å²) in [5.74, 6) is 0.161. The van der Waals surface area contributed by atoms with E-state index in [0.717, 1.165) is 11.3 Å². The molecule has 0 amide bonds. The van der Waals surface area contributed by atoms with Crippen molar-refractivity contribution in [3.8, 4) is 11.3 Å². The van der Waals surface area contributed by atoms with Gasteiger partial charge in [-0.1, -0.05) is 0 Å². The number of H-pyrrole nitrogens is 1. The first-order chi connectivity index (χ1) is 6.27. The number of nitrogens with zero attached hydrogens (tertiary/aromatic N) is 1. The molecule has 2 rings (SSSR count). The van der Waals surface area contributed by atoms with Crippen molar-refractivity contribution >= 4 is 5.82 Å². The molecule has 0 saturated carbocycles. The van der Waals surface area contributed by atoms with E-state index in [4.69, 9.17) is 5.73 Å². The second-order valence-electron chi connectivity index (χ2n) is 2.67. The Morgan fingerprint density at radius 1 is 1.23 bits per heavy atom. The van der Waals surface area contributed by atoms with Crippen LogP contribution in [-0.4, -0.2) is 9.97 Å². The monoisotopic (exact) mass is 177 g/mol. The third-order valence-electron chi connectivity index (χ3n) is 1.80. The molecule has 3 N–H and O–H groups in total. The molecular weight excluding hydrogens is 169 g/mol. The fourth-order valence-corrected chi connectivity index (χ4v) is 1.15. The molecule has 1 heterocycles. The van der Waals surface area contributed by atoms with Crippen molar-refractivity contribution < 1.29 is 4.39 Å². The maximum Gasteiger partial charge on any atom is 0.149 e. The van der Waals surface area contributed by atoms with E-state index in [0.29, 0.717) is 5.82 Å². The minimum atomic E-state index is -0.262. The van der Waals surface area contributed by atoms with Gasteiger partial charge in [-0.3, -0.25) is 0 Å². The largest absolute Gasteiger partial charge is 0.382 e. The first-order valence-corrected chi connectivity index (χ1v) is 3.82. The van der Waals surface area contributed by atoms with Gasteiger partial charge in [0.2, 0.25) is 0 Å². The molecule has 13 heavy (non-hydrogen) atoms. The quantitative estimate of drug-likeness (QED) is 0.697. The molecule has 0 saturated heterocycles. The van der Waals surface area contributed by atoms with Gasteiger partial charge in [0, 0.05) is 5.56 Å². The molecule has 0 bridgehead atoms. The van der Waals surface area contributed by atoms with E-state index in [9.17, 15) is 4.39 Å². The molecule has 2 aromatic rings. The van der Waals surface area contributed by atoms with E-state index in [1.165, 1.54) is 18.5 Å². The van der Waals surface area contributed by atoms with E-state index in [-0.39, 0.29) is 5.82 Å². The van der Waals surface area contributed by atoms with E-state index in [2.05, 4.69) is 9.97 Å². The highest BCUT2D eigenvalue weighted by atomic mass is 19.1. The lowest BCUT2D eigenvalue weighted by Gasteiger charge is -1.97. The van der Waals surface area contributed by atoms with Crippen LogP contribution in [-0.2, 0) is 0 Å². The summed E-state index contributed by atoms with van der Waals surface area (Å²) >= 11 is 0. The van der Waals surface area contributed by atoms with Crippen molar-refractivity contribution in [3.63, 3.8) is 0 Å². The molecule has 3 nitrogen and oxygen atoms in total. The molecule has 0 fully saturated rings. The second-order valence-corrected chi connectivity index (χ2v) is 2.67. The van der Waals surface area contributed by atoms with Crippen molar-refractivity contribution in [1.82, 2.24) is 9.97 Å². The highest BCUT2D eigenvalue weighted by molar-refractivity contribution is 5.69. The molecule has 0 atom stereocenters. The number of anilines is 1. The van der Waals surface area contributed by atoms with Crippen LogP contribution in [0, 0.1) is 5.82 Å². The number of aromatic amines is 1. The summed E-state index contributed by atoms with van der Waals surface area (Å²) in [5, 5.41) is 0. The van der Waals surface area contributed by atoms with Crippen LogP contribution in [0.25, 0.3) is 11.3 Å². The minimum absolute atomic E-state index is 0.262. The highest BCUT2D eigenvalue weighted by Crippen LogP contribution is 2.21. The van der Waals surface area contributed by atoms with Crippen molar-refractivity contribution in [2.24, 2.45) is 0 Å². The predicted octanol–water partition coefficient (Wildman–Crippen LogP) is 1.80. The zero-order valence-corrected chi connectivity index (χ0v) is 6.79. The van der Waals surface area contributed by atoms with Crippen LogP contribution in [0.1, 0.15) is 0 Å². The molecule has 0 unspecified atom stereocenters. The topological polar surface area (TPSA) is 54.7 Å². The normalized spacial score (nSPS) is 10.2. The number of aromatic nitrogens is 2. The van der Waals surface area contributed by atoms with Gasteiger partial charge < -0.3 is 10.7 Å². The summed E-state index contributed by atoms with van der Waals surface area (Å²) in [6, 6.07) is 6.07. The Kier molecular flexibility index (Phi) is 1.73. The lowest BCUT2D eigenvalue weighted by molar-refractivity contribution is 0.628. The molecule has 4 heteroatoms. The van der Waals surface area contributed by atoms with Gasteiger partial charge in [0.25, 0.3) is 0 Å². The van der Waals surface area contributed by atoms with Crippen molar-refractivity contribution in [2.75, 3.05) is 5.73 Å². The number of rotatable bonds is 1. The summed E-state index contributed by atoms with van der Waals surface area (Å²) < 4.78 is 12.6. The van der Waals surface area contributed by atoms with Crippen molar-refractivity contribution in [1.29, 1.82) is 0 Å². The Labute approximate surface area is 74.4 Å². The number of nitrogen functional groups attached to an aromatic ring is 1. The molecule has 0 aliphatic rings. The van der Waals surface area contributed by atoms with Gasteiger partial charge in [-0.05, 0) is 24.3 Å². The van der Waals surface area contributed by atoms with Crippen LogP contribution in [0.2, 0.25) is 0 Å². The molecule has 0 radical (unpaired) electrons. The van der Waals surface area contributed by atoms with Gasteiger partial charge in [-0.2, -0.15) is 0 Å². The zero-order chi connectivity index (χ0) is 9.26. The number of nitrogens with one attached hydrogen (secondary N) is 1. The van der Waals surface area contributed by atoms with Gasteiger partial charge in [0.15, 0.2) is 0 Å². The van der Waals surface area contributed by atoms with Crippen LogP contribution in [0.5, 0.6) is 0 Å². The fourth-order valence-electron chi connectivity index (χ4n) is 1.15. The predicted molar refractivity (Wildman–Crippen MR) is 48.4 cm³/mol. The first-order valence-electron chi connectivity index (χ1n) is 3.82.